The van der Waals surface area contributed by atoms with Gasteiger partial charge in [0.25, 0.3) is 5.78 Å². The summed E-state index contributed by atoms with van der Waals surface area (Å²) >= 11 is 0. The predicted molar refractivity (Wildman–Crippen MR) is 104 cm³/mol. The molecule has 0 bridgehead atoms. The van der Waals surface area contributed by atoms with Crippen molar-refractivity contribution in [3.05, 3.63) is 48.4 Å². The van der Waals surface area contributed by atoms with Crippen LogP contribution in [0.15, 0.2) is 42.7 Å². The average Bonchev–Trinajstić information content (AvgIpc) is 3.21. The van der Waals surface area contributed by atoms with Crippen molar-refractivity contribution in [2.24, 2.45) is 0 Å². The van der Waals surface area contributed by atoms with Crippen molar-refractivity contribution in [3.63, 3.8) is 0 Å². The van der Waals surface area contributed by atoms with Gasteiger partial charge >= 0.3 is 0 Å². The van der Waals surface area contributed by atoms with Gasteiger partial charge in [-0.05, 0) is 18.6 Å². The fourth-order valence-corrected chi connectivity index (χ4v) is 3.30. The van der Waals surface area contributed by atoms with Crippen molar-refractivity contribution in [2.45, 2.75) is 13.3 Å². The monoisotopic (exact) mass is 365 g/mol. The van der Waals surface area contributed by atoms with Crippen LogP contribution in [0.5, 0.6) is 0 Å². The Morgan fingerprint density at radius 2 is 1.93 bits per heavy atom. The van der Waals surface area contributed by atoms with Crippen molar-refractivity contribution in [2.75, 3.05) is 42.9 Å². The first-order valence-corrected chi connectivity index (χ1v) is 9.26. The van der Waals surface area contributed by atoms with E-state index in [9.17, 15) is 4.79 Å². The first-order chi connectivity index (χ1) is 13.2. The molecule has 140 valence electrons. The number of anilines is 2. The van der Waals surface area contributed by atoms with Gasteiger partial charge in [0, 0.05) is 43.6 Å². The maximum absolute atomic E-state index is 12.6. The van der Waals surface area contributed by atoms with Crippen LogP contribution in [-0.2, 0) is 11.2 Å². The lowest BCUT2D eigenvalue weighted by Gasteiger charge is -2.36. The van der Waals surface area contributed by atoms with E-state index in [0.29, 0.717) is 5.78 Å². The Bertz CT molecular complexity index is 916. The second-order valence-corrected chi connectivity index (χ2v) is 6.52. The molecule has 0 spiro atoms. The van der Waals surface area contributed by atoms with Gasteiger partial charge in [0.15, 0.2) is 0 Å². The lowest BCUT2D eigenvalue weighted by molar-refractivity contribution is -0.129. The van der Waals surface area contributed by atoms with Gasteiger partial charge in [-0.15, -0.1) is 0 Å². The largest absolute Gasteiger partial charge is 0.368 e. The summed E-state index contributed by atoms with van der Waals surface area (Å²) < 4.78 is 1.62. The van der Waals surface area contributed by atoms with Crippen molar-refractivity contribution in [1.29, 1.82) is 0 Å². The number of hydrogen-bond donors (Lipinski definition) is 1. The quantitative estimate of drug-likeness (QED) is 0.737. The van der Waals surface area contributed by atoms with Gasteiger partial charge in [-0.2, -0.15) is 14.6 Å². The third kappa shape index (κ3) is 3.69. The van der Waals surface area contributed by atoms with E-state index in [-0.39, 0.29) is 12.5 Å². The Morgan fingerprint density at radius 1 is 1.15 bits per heavy atom. The van der Waals surface area contributed by atoms with Crippen molar-refractivity contribution < 1.29 is 4.79 Å². The van der Waals surface area contributed by atoms with Gasteiger partial charge in [-0.3, -0.25) is 4.79 Å². The van der Waals surface area contributed by atoms with E-state index in [2.05, 4.69) is 37.4 Å². The van der Waals surface area contributed by atoms with Crippen LogP contribution in [-0.4, -0.2) is 63.1 Å². The number of fused-ring (bicyclic) bond motifs is 1. The lowest BCUT2D eigenvalue weighted by atomic mass is 10.2. The smallest absolute Gasteiger partial charge is 0.254 e. The van der Waals surface area contributed by atoms with E-state index >= 15 is 0 Å². The molecule has 0 radical (unpaired) electrons. The minimum Gasteiger partial charge on any atom is -0.368 e. The molecule has 3 heterocycles. The molecular weight excluding hydrogens is 342 g/mol. The van der Waals surface area contributed by atoms with Gasteiger partial charge < -0.3 is 15.1 Å². The molecule has 8 nitrogen and oxygen atoms in total. The number of piperazine rings is 1. The maximum atomic E-state index is 12.6. The number of nitrogens with zero attached hydrogens (tertiary/aromatic N) is 6. The highest BCUT2D eigenvalue weighted by molar-refractivity contribution is 5.81. The molecule has 1 aliphatic heterocycles. The number of benzene rings is 1. The molecule has 0 atom stereocenters. The highest BCUT2D eigenvalue weighted by Gasteiger charge is 2.21. The molecule has 1 aliphatic rings. The maximum Gasteiger partial charge on any atom is 0.254 e. The van der Waals surface area contributed by atoms with E-state index in [0.717, 1.165) is 44.1 Å². The topological polar surface area (TPSA) is 78.7 Å². The second kappa shape index (κ2) is 7.61. The van der Waals surface area contributed by atoms with E-state index in [4.69, 9.17) is 0 Å². The zero-order valence-corrected chi connectivity index (χ0v) is 15.4. The first kappa shape index (κ1) is 17.3. The SMILES string of the molecule is CCc1cc(NCC(=O)N2CCN(c3ccccc3)CC2)n2ncnc2n1. The molecule has 1 N–H and O–H groups in total. The lowest BCUT2D eigenvalue weighted by Crippen LogP contribution is -2.50. The Morgan fingerprint density at radius 3 is 2.67 bits per heavy atom. The summed E-state index contributed by atoms with van der Waals surface area (Å²) in [5.41, 5.74) is 2.13. The number of carbonyl (C=O) groups excluding carboxylic acids is 1. The summed E-state index contributed by atoms with van der Waals surface area (Å²) in [4.78, 5) is 25.4. The average molecular weight is 365 g/mol. The summed E-state index contributed by atoms with van der Waals surface area (Å²) in [7, 11) is 0. The Hall–Kier alpha value is -3.16. The zero-order chi connectivity index (χ0) is 18.6. The Labute approximate surface area is 157 Å². The zero-order valence-electron chi connectivity index (χ0n) is 15.4. The van der Waals surface area contributed by atoms with Gasteiger partial charge in [0.2, 0.25) is 5.91 Å². The Balaban J connectivity index is 1.36. The molecule has 0 unspecified atom stereocenters. The number of rotatable bonds is 5. The number of aryl methyl sites for hydroxylation is 1. The highest BCUT2D eigenvalue weighted by atomic mass is 16.2. The molecular formula is C19H23N7O. The predicted octanol–water partition coefficient (Wildman–Crippen LogP) is 1.45. The van der Waals surface area contributed by atoms with Crippen LogP contribution in [0.3, 0.4) is 0 Å². The third-order valence-corrected chi connectivity index (χ3v) is 4.84. The summed E-state index contributed by atoms with van der Waals surface area (Å²) in [5, 5.41) is 7.38. The number of hydrogen-bond acceptors (Lipinski definition) is 6. The summed E-state index contributed by atoms with van der Waals surface area (Å²) in [6.07, 6.45) is 2.27. The molecule has 4 rings (SSSR count). The van der Waals surface area contributed by atoms with Crippen LogP contribution < -0.4 is 10.2 Å². The normalized spacial score (nSPS) is 14.6. The standard InChI is InChI=1S/C19H23N7O/c1-2-15-12-17(26-19(23-15)21-14-22-26)20-13-18(27)25-10-8-24(9-11-25)16-6-4-3-5-7-16/h3-7,12,14,20H,2,8-11,13H2,1H3. The van der Waals surface area contributed by atoms with Crippen LogP contribution in [0, 0.1) is 0 Å². The van der Waals surface area contributed by atoms with Crippen LogP contribution in [0.2, 0.25) is 0 Å². The van der Waals surface area contributed by atoms with Crippen molar-refractivity contribution in [1.82, 2.24) is 24.5 Å². The van der Waals surface area contributed by atoms with E-state index in [1.165, 1.54) is 12.0 Å². The minimum absolute atomic E-state index is 0.0887. The third-order valence-electron chi connectivity index (χ3n) is 4.84. The number of carbonyl (C=O) groups is 1. The molecule has 1 saturated heterocycles. The Kier molecular flexibility index (Phi) is 4.86. The van der Waals surface area contributed by atoms with Gasteiger partial charge in [0.05, 0.1) is 6.54 Å². The van der Waals surface area contributed by atoms with Gasteiger partial charge in [-0.1, -0.05) is 25.1 Å². The molecule has 1 amide bonds. The fourth-order valence-electron chi connectivity index (χ4n) is 3.30. The van der Waals surface area contributed by atoms with E-state index in [1.54, 1.807) is 4.52 Å². The molecule has 0 saturated carbocycles. The molecule has 3 aromatic rings. The number of amides is 1. The van der Waals surface area contributed by atoms with Crippen LogP contribution >= 0.6 is 0 Å². The van der Waals surface area contributed by atoms with E-state index < -0.39 is 0 Å². The minimum atomic E-state index is 0.0887. The molecule has 1 fully saturated rings. The van der Waals surface area contributed by atoms with Crippen LogP contribution in [0.4, 0.5) is 11.5 Å². The van der Waals surface area contributed by atoms with E-state index in [1.807, 2.05) is 36.1 Å². The van der Waals surface area contributed by atoms with Crippen molar-refractivity contribution in [3.8, 4) is 0 Å². The summed E-state index contributed by atoms with van der Waals surface area (Å²) in [6.45, 7) is 5.41. The van der Waals surface area contributed by atoms with Crippen LogP contribution in [0.1, 0.15) is 12.6 Å². The first-order valence-electron chi connectivity index (χ1n) is 9.26. The summed E-state index contributed by atoms with van der Waals surface area (Å²) in [6, 6.07) is 12.2. The number of aromatic nitrogens is 4. The molecule has 0 aliphatic carbocycles. The number of nitrogens with one attached hydrogen (secondary N) is 1. The molecule has 8 heteroatoms. The highest BCUT2D eigenvalue weighted by Crippen LogP contribution is 2.16. The fraction of sp³-hybridized carbons (Fsp3) is 0.368. The van der Waals surface area contributed by atoms with Gasteiger partial charge in [-0.25, -0.2) is 4.98 Å². The second-order valence-electron chi connectivity index (χ2n) is 6.52. The number of para-hydroxylation sites is 1. The molecule has 2 aromatic heterocycles. The molecule has 1 aromatic carbocycles. The van der Waals surface area contributed by atoms with Gasteiger partial charge in [0.1, 0.15) is 12.1 Å². The van der Waals surface area contributed by atoms with Crippen molar-refractivity contribution >= 4 is 23.2 Å². The summed E-state index contributed by atoms with van der Waals surface area (Å²) in [5.74, 6) is 1.37. The molecule has 27 heavy (non-hydrogen) atoms. The van der Waals surface area contributed by atoms with Crippen LogP contribution in [0.25, 0.3) is 5.78 Å².